The molecule has 0 fully saturated rings. The van der Waals surface area contributed by atoms with Gasteiger partial charge >= 0.3 is 0 Å². The van der Waals surface area contributed by atoms with Gasteiger partial charge in [0, 0.05) is 25.0 Å². The zero-order valence-corrected chi connectivity index (χ0v) is 22.2. The third-order valence-corrected chi connectivity index (χ3v) is 6.72. The molecule has 0 N–H and O–H groups in total. The van der Waals surface area contributed by atoms with Crippen molar-refractivity contribution in [2.75, 3.05) is 19.6 Å². The van der Waals surface area contributed by atoms with Gasteiger partial charge in [-0.1, -0.05) is 39.0 Å². The van der Waals surface area contributed by atoms with E-state index in [2.05, 4.69) is 0 Å². The van der Waals surface area contributed by atoms with Crippen LogP contribution in [0.3, 0.4) is 0 Å². The zero-order valence-electron chi connectivity index (χ0n) is 22.2. The van der Waals surface area contributed by atoms with E-state index >= 15 is 0 Å². The fourth-order valence-corrected chi connectivity index (χ4v) is 4.76. The Bertz CT molecular complexity index is 1270. The lowest BCUT2D eigenvalue weighted by atomic mass is 9.85. The van der Waals surface area contributed by atoms with E-state index in [0.29, 0.717) is 37.6 Å². The lowest BCUT2D eigenvalue weighted by Gasteiger charge is -2.41. The fraction of sp³-hybridized carbons (Fsp3) is 0.400. The number of fused-ring (bicyclic) bond motifs is 1. The number of benzene rings is 2. The van der Waals surface area contributed by atoms with E-state index in [0.717, 1.165) is 16.7 Å². The van der Waals surface area contributed by atoms with Crippen LogP contribution in [-0.2, 0) is 17.8 Å². The quantitative estimate of drug-likeness (QED) is 0.394. The Morgan fingerprint density at radius 2 is 1.84 bits per heavy atom. The van der Waals surface area contributed by atoms with Gasteiger partial charge in [0.1, 0.15) is 23.9 Å². The molecule has 2 heterocycles. The number of amides is 2. The fourth-order valence-electron chi connectivity index (χ4n) is 4.76. The second-order valence-corrected chi connectivity index (χ2v) is 10.3. The van der Waals surface area contributed by atoms with Gasteiger partial charge in [-0.25, -0.2) is 4.39 Å². The van der Waals surface area contributed by atoms with Gasteiger partial charge in [-0.2, -0.15) is 0 Å². The summed E-state index contributed by atoms with van der Waals surface area (Å²) in [6.07, 6.45) is 0.707. The number of furan rings is 1. The summed E-state index contributed by atoms with van der Waals surface area (Å²) in [6, 6.07) is 15.3. The van der Waals surface area contributed by atoms with Gasteiger partial charge in [-0.15, -0.1) is 0 Å². The van der Waals surface area contributed by atoms with Crippen LogP contribution in [0.5, 0.6) is 5.75 Å². The Labute approximate surface area is 218 Å². The maximum atomic E-state index is 14.2. The topological polar surface area (TPSA) is 63.0 Å². The molecule has 0 saturated carbocycles. The number of hydrogen-bond donors (Lipinski definition) is 0. The molecule has 0 spiro atoms. The largest absolute Gasteiger partial charge is 0.486 e. The van der Waals surface area contributed by atoms with Crippen molar-refractivity contribution >= 4 is 11.8 Å². The van der Waals surface area contributed by atoms with Gasteiger partial charge < -0.3 is 19.0 Å². The number of carbonyl (C=O) groups is 2. The van der Waals surface area contributed by atoms with Crippen molar-refractivity contribution in [3.05, 3.63) is 88.6 Å². The molecule has 0 bridgehead atoms. The van der Waals surface area contributed by atoms with Crippen LogP contribution in [0.4, 0.5) is 4.39 Å². The number of rotatable bonds is 7. The van der Waals surface area contributed by atoms with E-state index in [1.54, 1.807) is 23.1 Å². The van der Waals surface area contributed by atoms with Crippen LogP contribution >= 0.6 is 0 Å². The summed E-state index contributed by atoms with van der Waals surface area (Å²) >= 11 is 0. The number of hydrogen-bond acceptors (Lipinski definition) is 4. The maximum Gasteiger partial charge on any atom is 0.289 e. The first-order chi connectivity index (χ1) is 17.6. The highest BCUT2D eigenvalue weighted by atomic mass is 19.1. The van der Waals surface area contributed by atoms with Gasteiger partial charge in [0.25, 0.3) is 5.91 Å². The van der Waals surface area contributed by atoms with Crippen LogP contribution in [0.1, 0.15) is 73.7 Å². The number of carbonyl (C=O) groups excluding carboxylic acids is 2. The molecule has 2 amide bonds. The molecular formula is C30H35FN2O4. The molecule has 1 aliphatic rings. The smallest absolute Gasteiger partial charge is 0.289 e. The Morgan fingerprint density at radius 1 is 1.08 bits per heavy atom. The molecule has 4 rings (SSSR count). The van der Waals surface area contributed by atoms with Gasteiger partial charge in [0.15, 0.2) is 5.76 Å². The van der Waals surface area contributed by atoms with E-state index in [4.69, 9.17) is 9.15 Å². The van der Waals surface area contributed by atoms with Crippen LogP contribution in [0.25, 0.3) is 0 Å². The summed E-state index contributed by atoms with van der Waals surface area (Å²) in [6.45, 7) is 11.5. The van der Waals surface area contributed by atoms with E-state index in [1.807, 2.05) is 63.8 Å². The third-order valence-electron chi connectivity index (χ3n) is 6.72. The Hall–Kier alpha value is -3.61. The summed E-state index contributed by atoms with van der Waals surface area (Å²) in [5, 5.41) is 0. The van der Waals surface area contributed by atoms with Gasteiger partial charge in [-0.05, 0) is 73.4 Å². The lowest BCUT2D eigenvalue weighted by Crippen LogP contribution is -2.45. The number of ether oxygens (including phenoxy) is 1. The van der Waals surface area contributed by atoms with Gasteiger partial charge in [-0.3, -0.25) is 9.59 Å². The summed E-state index contributed by atoms with van der Waals surface area (Å²) in [4.78, 5) is 29.5. The molecule has 3 aromatic rings. The van der Waals surface area contributed by atoms with E-state index in [-0.39, 0.29) is 30.0 Å². The number of halogens is 1. The van der Waals surface area contributed by atoms with Crippen LogP contribution < -0.4 is 4.74 Å². The van der Waals surface area contributed by atoms with Crippen molar-refractivity contribution in [3.8, 4) is 5.75 Å². The first kappa shape index (κ1) is 26.5. The first-order valence-electron chi connectivity index (χ1n) is 12.8. The molecule has 1 atom stereocenters. The minimum absolute atomic E-state index is 0.0136. The molecule has 196 valence electrons. The standard InChI is InChI=1S/C30H35FN2O4/c1-6-32(7-2)28(34)26-14-13-24(37-26)19-36-23-12-11-20-15-16-33(29(35)30(3,4)5)27(25(20)18-23)21-9-8-10-22(31)17-21/h8-14,17-18,27H,6-7,15-16,19H2,1-5H3/t27-/m0/s1. The Balaban J connectivity index is 1.60. The summed E-state index contributed by atoms with van der Waals surface area (Å²) in [7, 11) is 0. The van der Waals surface area contributed by atoms with Crippen LogP contribution in [0.2, 0.25) is 0 Å². The van der Waals surface area contributed by atoms with Crippen molar-refractivity contribution in [2.45, 2.75) is 53.7 Å². The molecule has 0 aliphatic carbocycles. The normalized spacial score (nSPS) is 15.3. The Morgan fingerprint density at radius 3 is 2.51 bits per heavy atom. The van der Waals surface area contributed by atoms with Crippen molar-refractivity contribution in [1.29, 1.82) is 0 Å². The molecule has 1 aliphatic heterocycles. The summed E-state index contributed by atoms with van der Waals surface area (Å²) < 4.78 is 26.0. The van der Waals surface area contributed by atoms with Crippen molar-refractivity contribution < 1.29 is 23.1 Å². The van der Waals surface area contributed by atoms with Crippen LogP contribution in [-0.4, -0.2) is 41.2 Å². The van der Waals surface area contributed by atoms with Gasteiger partial charge in [0.05, 0.1) is 6.04 Å². The van der Waals surface area contributed by atoms with Crippen molar-refractivity contribution in [1.82, 2.24) is 9.80 Å². The monoisotopic (exact) mass is 506 g/mol. The third kappa shape index (κ3) is 5.71. The lowest BCUT2D eigenvalue weighted by molar-refractivity contribution is -0.141. The second-order valence-electron chi connectivity index (χ2n) is 10.3. The molecule has 0 unspecified atom stereocenters. The summed E-state index contributed by atoms with van der Waals surface area (Å²) in [5.41, 5.74) is 2.17. The highest BCUT2D eigenvalue weighted by Gasteiger charge is 2.37. The van der Waals surface area contributed by atoms with Crippen molar-refractivity contribution in [3.63, 3.8) is 0 Å². The molecule has 2 aromatic carbocycles. The van der Waals surface area contributed by atoms with E-state index in [9.17, 15) is 14.0 Å². The SMILES string of the molecule is CCN(CC)C(=O)c1ccc(COc2ccc3c(c2)[C@H](c2cccc(F)c2)N(C(=O)C(C)(C)C)CC3)o1. The highest BCUT2D eigenvalue weighted by molar-refractivity contribution is 5.91. The average molecular weight is 507 g/mol. The molecule has 6 nitrogen and oxygen atoms in total. The zero-order chi connectivity index (χ0) is 26.7. The van der Waals surface area contributed by atoms with E-state index in [1.165, 1.54) is 12.1 Å². The molecular weight excluding hydrogens is 471 g/mol. The molecule has 1 aromatic heterocycles. The molecule has 37 heavy (non-hydrogen) atoms. The molecule has 0 saturated heterocycles. The number of nitrogens with zero attached hydrogens (tertiary/aromatic N) is 2. The highest BCUT2D eigenvalue weighted by Crippen LogP contribution is 2.39. The minimum atomic E-state index is -0.573. The average Bonchev–Trinajstić information content (AvgIpc) is 3.35. The van der Waals surface area contributed by atoms with Crippen molar-refractivity contribution in [2.24, 2.45) is 5.41 Å². The second kappa shape index (κ2) is 10.8. The van der Waals surface area contributed by atoms with Crippen LogP contribution in [0.15, 0.2) is 59.0 Å². The van der Waals surface area contributed by atoms with E-state index < -0.39 is 11.5 Å². The predicted octanol–water partition coefficient (Wildman–Crippen LogP) is 6.00. The Kier molecular flexibility index (Phi) is 7.71. The molecule has 0 radical (unpaired) electrons. The first-order valence-corrected chi connectivity index (χ1v) is 12.8. The summed E-state index contributed by atoms with van der Waals surface area (Å²) in [5.74, 6) is 0.965. The molecule has 7 heteroatoms. The minimum Gasteiger partial charge on any atom is -0.486 e. The van der Waals surface area contributed by atoms with Gasteiger partial charge in [0.2, 0.25) is 5.91 Å². The van der Waals surface area contributed by atoms with Crippen LogP contribution in [0, 0.1) is 11.2 Å². The maximum absolute atomic E-state index is 14.2. The predicted molar refractivity (Wildman–Crippen MR) is 140 cm³/mol.